The molecule has 0 aromatic rings. The number of carbonyl (C=O) groups is 3. The molecule has 0 rings (SSSR count). The lowest BCUT2D eigenvalue weighted by atomic mass is 9.81. The van der Waals surface area contributed by atoms with E-state index in [0.29, 0.717) is 0 Å². The van der Waals surface area contributed by atoms with Gasteiger partial charge in [0.1, 0.15) is 6.10 Å². The van der Waals surface area contributed by atoms with Crippen LogP contribution in [0.1, 0.15) is 131 Å². The zero-order valence-electron chi connectivity index (χ0n) is 45.8. The summed E-state index contributed by atoms with van der Waals surface area (Å²) in [6.45, 7) is 53.2. The summed E-state index contributed by atoms with van der Waals surface area (Å²) in [5.41, 5.74) is 6.85. The van der Waals surface area contributed by atoms with Gasteiger partial charge in [-0.2, -0.15) is 0 Å². The Hall–Kier alpha value is -2.14. The summed E-state index contributed by atoms with van der Waals surface area (Å²) in [5.74, 6) is -2.15. The van der Waals surface area contributed by atoms with Crippen LogP contribution in [-0.4, -0.2) is 85.5 Å². The second-order valence-corrected chi connectivity index (χ2v) is 38.2. The number of hydrogen-bond acceptors (Lipinski definition) is 9. The van der Waals surface area contributed by atoms with Gasteiger partial charge in [0.05, 0.1) is 37.4 Å². The van der Waals surface area contributed by atoms with Crippen molar-refractivity contribution in [2.45, 2.75) is 215 Å². The zero-order valence-corrected chi connectivity index (χ0v) is 48.8. The fourth-order valence-electron chi connectivity index (χ4n) is 7.63. The number of rotatable bonds is 26. The maximum absolute atomic E-state index is 13.6. The Morgan fingerprint density at radius 2 is 1.08 bits per heavy atom. The number of esters is 1. The van der Waals surface area contributed by atoms with Gasteiger partial charge in [-0.15, -0.1) is 0 Å². The first kappa shape index (κ1) is 62.9. The van der Waals surface area contributed by atoms with Crippen molar-refractivity contribution in [1.82, 2.24) is 0 Å². The zero-order chi connectivity index (χ0) is 51.4. The van der Waals surface area contributed by atoms with Gasteiger partial charge >= 0.3 is 12.1 Å². The van der Waals surface area contributed by atoms with Gasteiger partial charge in [-0.25, -0.2) is 4.79 Å². The molecule has 0 spiro atoms. The van der Waals surface area contributed by atoms with Gasteiger partial charge in [0.2, 0.25) is 0 Å². The van der Waals surface area contributed by atoms with Crippen LogP contribution in [0.2, 0.25) is 54.4 Å². The Morgan fingerprint density at radius 3 is 1.49 bits per heavy atom. The predicted octanol–water partition coefficient (Wildman–Crippen LogP) is 13.2. The Labute approximate surface area is 401 Å². The van der Waals surface area contributed by atoms with Crippen LogP contribution in [0, 0.1) is 41.4 Å². The summed E-state index contributed by atoms with van der Waals surface area (Å²) < 4.78 is 32.1. The van der Waals surface area contributed by atoms with Crippen molar-refractivity contribution in [3.63, 3.8) is 0 Å². The van der Waals surface area contributed by atoms with Crippen molar-refractivity contribution in [3.05, 3.63) is 48.6 Å². The van der Waals surface area contributed by atoms with Crippen molar-refractivity contribution in [2.75, 3.05) is 7.11 Å². The molecule has 65 heavy (non-hydrogen) atoms. The number of carbonyl (C=O) groups excluding carboxylic acids is 3. The molecular formula is C52H99NO9Si3. The standard InChI is InChI=1S/C52H99NO9Si3/c1-26-27-28-35(3)45(59-49(53)57)40(8)46(61-64(22,23)51(13,14)15)38(6)32-34(2)31-37(5)44(60-63(20,21)50(10,11)12)36(4)29-30-42(54)33-43(55)39(7)47(41(9)48(56)58-19)62-65(24,25)52(16,17)18/h26-31,35-41,43-47,55H,1,32-33H2,2-25H3,(H2,53,57)/b28-27-,30-29-,34-31-/t35-,36-,37-,38-,39-,40+,41+,43-,44-,45-,46+,47+/m0/s1. The maximum Gasteiger partial charge on any atom is 0.404 e. The number of nitrogens with two attached hydrogens (primary N) is 1. The van der Waals surface area contributed by atoms with Crippen LogP contribution in [0.3, 0.4) is 0 Å². The lowest BCUT2D eigenvalue weighted by Gasteiger charge is -2.45. The molecule has 0 aliphatic carbocycles. The third-order valence-electron chi connectivity index (χ3n) is 15.0. The Kier molecular flexibility index (Phi) is 24.6. The van der Waals surface area contributed by atoms with Crippen LogP contribution in [-0.2, 0) is 32.3 Å². The molecule has 13 heteroatoms. The summed E-state index contributed by atoms with van der Waals surface area (Å²) in [6, 6.07) is 0. The van der Waals surface area contributed by atoms with E-state index in [1.807, 2.05) is 32.1 Å². The molecule has 378 valence electrons. The number of hydrogen-bond donors (Lipinski definition) is 2. The molecule has 0 aliphatic rings. The van der Waals surface area contributed by atoms with Gasteiger partial charge in [-0.1, -0.05) is 146 Å². The SMILES string of the molecule is C=C/C=C\[C@H](C)[C@H](OC(N)=O)[C@@H](C)[C@H](O[Si](C)(C)C(C)(C)C)[C@@H](C)C/C(C)=C\[C@H](C)[C@@H](O[Si](C)(C)C(C)(C)C)[C@@H](C)/C=C\C(=O)C[C@H](O)[C@H](C)[C@@H](O[Si](C)(C)C(C)(C)C)[C@@H](C)C(=O)OC. The molecule has 0 aromatic heterocycles. The van der Waals surface area contributed by atoms with Crippen LogP contribution in [0.4, 0.5) is 4.79 Å². The van der Waals surface area contributed by atoms with Crippen LogP contribution in [0.5, 0.6) is 0 Å². The minimum Gasteiger partial charge on any atom is -0.469 e. The molecule has 0 heterocycles. The van der Waals surface area contributed by atoms with Gasteiger partial charge in [0.25, 0.3) is 0 Å². The lowest BCUT2D eigenvalue weighted by Crippen LogP contribution is -2.50. The molecule has 0 fully saturated rings. The van der Waals surface area contributed by atoms with E-state index in [9.17, 15) is 19.5 Å². The first-order valence-electron chi connectivity index (χ1n) is 24.1. The first-order chi connectivity index (χ1) is 29.2. The average Bonchev–Trinajstić information content (AvgIpc) is 3.15. The van der Waals surface area contributed by atoms with Crippen LogP contribution in [0.15, 0.2) is 48.6 Å². The van der Waals surface area contributed by atoms with Crippen molar-refractivity contribution in [1.29, 1.82) is 0 Å². The van der Waals surface area contributed by atoms with Crippen LogP contribution < -0.4 is 5.73 Å². The van der Waals surface area contributed by atoms with E-state index in [4.69, 9.17) is 28.5 Å². The number of amides is 1. The monoisotopic (exact) mass is 966 g/mol. The van der Waals surface area contributed by atoms with Gasteiger partial charge in [-0.05, 0) is 98.5 Å². The Balaban J connectivity index is 6.89. The van der Waals surface area contributed by atoms with Gasteiger partial charge in [0, 0.05) is 24.2 Å². The third kappa shape index (κ3) is 19.4. The lowest BCUT2D eigenvalue weighted by molar-refractivity contribution is -0.150. The van der Waals surface area contributed by atoms with Gasteiger partial charge in [0.15, 0.2) is 30.7 Å². The van der Waals surface area contributed by atoms with Gasteiger partial charge < -0.3 is 33.6 Å². The predicted molar refractivity (Wildman–Crippen MR) is 279 cm³/mol. The number of allylic oxidation sites excluding steroid dienone is 4. The summed E-state index contributed by atoms with van der Waals surface area (Å²) in [6.07, 6.45) is 8.57. The molecule has 0 aromatic carbocycles. The number of ketones is 1. The summed E-state index contributed by atoms with van der Waals surface area (Å²) in [5, 5.41) is 11.3. The second kappa shape index (κ2) is 25.5. The first-order valence-corrected chi connectivity index (χ1v) is 32.8. The highest BCUT2D eigenvalue weighted by atomic mass is 28.4. The quantitative estimate of drug-likeness (QED) is 0.0285. The van der Waals surface area contributed by atoms with E-state index in [1.54, 1.807) is 19.1 Å². The van der Waals surface area contributed by atoms with Crippen LogP contribution >= 0.6 is 0 Å². The molecule has 0 saturated carbocycles. The van der Waals surface area contributed by atoms with Crippen molar-refractivity contribution in [2.24, 2.45) is 47.2 Å². The third-order valence-corrected chi connectivity index (χ3v) is 28.5. The van der Waals surface area contributed by atoms with E-state index in [2.05, 4.69) is 149 Å². The Morgan fingerprint density at radius 1 is 0.646 bits per heavy atom. The maximum atomic E-state index is 13.6. The highest BCUT2D eigenvalue weighted by Crippen LogP contribution is 2.43. The minimum absolute atomic E-state index is 0.0167. The van der Waals surface area contributed by atoms with Gasteiger partial charge in [-0.3, -0.25) is 9.59 Å². The number of ether oxygens (including phenoxy) is 2. The Bertz CT molecular complexity index is 1620. The molecule has 0 radical (unpaired) electrons. The molecule has 10 nitrogen and oxygen atoms in total. The molecule has 3 N–H and O–H groups in total. The highest BCUT2D eigenvalue weighted by Gasteiger charge is 2.46. The molecule has 1 amide bonds. The van der Waals surface area contributed by atoms with E-state index >= 15 is 0 Å². The minimum atomic E-state index is -2.36. The average molecular weight is 967 g/mol. The number of aliphatic hydroxyl groups excluding tert-OH is 1. The van der Waals surface area contributed by atoms with Crippen molar-refractivity contribution < 1.29 is 42.2 Å². The van der Waals surface area contributed by atoms with Crippen LogP contribution in [0.25, 0.3) is 0 Å². The fourth-order valence-corrected chi connectivity index (χ4v) is 12.0. The molecule has 0 bridgehead atoms. The smallest absolute Gasteiger partial charge is 0.404 e. The number of methoxy groups -OCH3 is 1. The molecule has 0 unspecified atom stereocenters. The molecule has 0 saturated heterocycles. The number of primary amides is 1. The van der Waals surface area contributed by atoms with E-state index in [1.165, 1.54) is 12.7 Å². The molecule has 12 atom stereocenters. The van der Waals surface area contributed by atoms with E-state index in [0.717, 1.165) is 6.42 Å². The summed E-state index contributed by atoms with van der Waals surface area (Å²) in [7, 11) is -5.57. The second-order valence-electron chi connectivity index (χ2n) is 23.9. The van der Waals surface area contributed by atoms with E-state index < -0.39 is 67.2 Å². The number of aliphatic hydroxyl groups is 1. The summed E-state index contributed by atoms with van der Waals surface area (Å²) >= 11 is 0. The molecule has 0 aliphatic heterocycles. The summed E-state index contributed by atoms with van der Waals surface area (Å²) in [4.78, 5) is 38.7. The largest absolute Gasteiger partial charge is 0.469 e. The topological polar surface area (TPSA) is 144 Å². The highest BCUT2D eigenvalue weighted by molar-refractivity contribution is 6.75. The van der Waals surface area contributed by atoms with Crippen molar-refractivity contribution >= 4 is 42.8 Å². The molecular weight excluding hydrogens is 867 g/mol. The normalized spacial score (nSPS) is 19.6. The van der Waals surface area contributed by atoms with Crippen molar-refractivity contribution in [3.8, 4) is 0 Å². The fraction of sp³-hybridized carbons (Fsp3) is 0.788. The van der Waals surface area contributed by atoms with E-state index in [-0.39, 0.29) is 69.1 Å².